The first-order valence-corrected chi connectivity index (χ1v) is 8.21. The topological polar surface area (TPSA) is 49.3 Å². The summed E-state index contributed by atoms with van der Waals surface area (Å²) >= 11 is 0. The van der Waals surface area contributed by atoms with Crippen LogP contribution in [0.3, 0.4) is 0 Å². The lowest BCUT2D eigenvalue weighted by Gasteiger charge is -2.19. The first kappa shape index (κ1) is 17.2. The quantitative estimate of drug-likeness (QED) is 0.784. The van der Waals surface area contributed by atoms with Crippen molar-refractivity contribution in [2.45, 2.75) is 32.2 Å². The molecule has 0 saturated carbocycles. The summed E-state index contributed by atoms with van der Waals surface area (Å²) in [5.74, 6) is -0.0579. The number of hydrogen-bond donors (Lipinski definition) is 2. The van der Waals surface area contributed by atoms with Crippen molar-refractivity contribution in [3.05, 3.63) is 71.8 Å². The van der Waals surface area contributed by atoms with Crippen LogP contribution < -0.4 is 5.32 Å². The molecule has 0 heterocycles. The van der Waals surface area contributed by atoms with Gasteiger partial charge < -0.3 is 10.4 Å². The van der Waals surface area contributed by atoms with Crippen LogP contribution in [0.15, 0.2) is 60.7 Å². The normalized spacial score (nSPS) is 13.3. The van der Waals surface area contributed by atoms with Crippen LogP contribution in [0, 0.1) is 5.92 Å². The van der Waals surface area contributed by atoms with Crippen molar-refractivity contribution in [1.29, 1.82) is 0 Å². The van der Waals surface area contributed by atoms with Gasteiger partial charge in [-0.1, -0.05) is 67.6 Å². The van der Waals surface area contributed by atoms with Crippen LogP contribution in [0.25, 0.3) is 0 Å². The van der Waals surface area contributed by atoms with Crippen LogP contribution in [0.2, 0.25) is 0 Å². The number of benzene rings is 2. The van der Waals surface area contributed by atoms with Crippen molar-refractivity contribution in [2.24, 2.45) is 5.92 Å². The Morgan fingerprint density at radius 1 is 1.04 bits per heavy atom. The van der Waals surface area contributed by atoms with E-state index in [9.17, 15) is 9.90 Å². The Balaban J connectivity index is 1.80. The van der Waals surface area contributed by atoms with E-state index >= 15 is 0 Å². The minimum absolute atomic E-state index is 0.000893. The number of aryl methyl sites for hydroxylation is 1. The third kappa shape index (κ3) is 5.53. The second kappa shape index (κ2) is 9.11. The zero-order chi connectivity index (χ0) is 16.5. The van der Waals surface area contributed by atoms with Crippen LogP contribution in [0.4, 0.5) is 0 Å². The fourth-order valence-electron chi connectivity index (χ4n) is 2.62. The molecule has 0 aliphatic rings. The lowest BCUT2D eigenvalue weighted by molar-refractivity contribution is -0.125. The fraction of sp³-hybridized carbons (Fsp3) is 0.350. The third-order valence-electron chi connectivity index (χ3n) is 4.09. The molecule has 0 fully saturated rings. The van der Waals surface area contributed by atoms with Gasteiger partial charge >= 0.3 is 0 Å². The second-order valence-corrected chi connectivity index (χ2v) is 5.93. The Kier molecular flexibility index (Phi) is 6.82. The smallest absolute Gasteiger partial charge is 0.223 e. The summed E-state index contributed by atoms with van der Waals surface area (Å²) in [5.41, 5.74) is 2.23. The molecule has 3 nitrogen and oxygen atoms in total. The molecule has 0 radical (unpaired) electrons. The molecular formula is C20H25NO2. The standard InChI is InChI=1S/C20H25NO2/c1-16(9-8-12-17-10-4-2-5-11-17)20(23)21-19(15-22)18-13-6-3-7-14-18/h2-7,10-11,13-14,16,19,22H,8-9,12,15H2,1H3,(H,21,23)/t16-,19-/m0/s1. The maximum absolute atomic E-state index is 12.3. The van der Waals surface area contributed by atoms with E-state index in [0.717, 1.165) is 24.8 Å². The number of carbonyl (C=O) groups excluding carboxylic acids is 1. The molecular weight excluding hydrogens is 286 g/mol. The summed E-state index contributed by atoms with van der Waals surface area (Å²) in [7, 11) is 0. The maximum Gasteiger partial charge on any atom is 0.223 e. The molecule has 0 aromatic heterocycles. The number of hydrogen-bond acceptors (Lipinski definition) is 2. The van der Waals surface area contributed by atoms with E-state index in [1.165, 1.54) is 5.56 Å². The molecule has 2 atom stereocenters. The first-order valence-electron chi connectivity index (χ1n) is 8.21. The van der Waals surface area contributed by atoms with Gasteiger partial charge in [0.05, 0.1) is 12.6 Å². The largest absolute Gasteiger partial charge is 0.394 e. The predicted molar refractivity (Wildman–Crippen MR) is 93.0 cm³/mol. The molecule has 0 unspecified atom stereocenters. The van der Waals surface area contributed by atoms with Crippen LogP contribution in [0.5, 0.6) is 0 Å². The molecule has 2 aromatic rings. The summed E-state index contributed by atoms with van der Waals surface area (Å²) in [4.78, 5) is 12.3. The molecule has 0 aliphatic heterocycles. The molecule has 1 amide bonds. The van der Waals surface area contributed by atoms with Gasteiger partial charge in [-0.25, -0.2) is 0 Å². The van der Waals surface area contributed by atoms with E-state index in [-0.39, 0.29) is 24.5 Å². The van der Waals surface area contributed by atoms with Crippen molar-refractivity contribution < 1.29 is 9.90 Å². The molecule has 0 spiro atoms. The van der Waals surface area contributed by atoms with E-state index < -0.39 is 0 Å². The van der Waals surface area contributed by atoms with E-state index in [1.54, 1.807) is 0 Å². The Labute approximate surface area is 138 Å². The number of aliphatic hydroxyl groups excluding tert-OH is 1. The molecule has 2 N–H and O–H groups in total. The monoisotopic (exact) mass is 311 g/mol. The van der Waals surface area contributed by atoms with Gasteiger partial charge in [-0.15, -0.1) is 0 Å². The Morgan fingerprint density at radius 2 is 1.65 bits per heavy atom. The van der Waals surface area contributed by atoms with Crippen molar-refractivity contribution in [2.75, 3.05) is 6.61 Å². The lowest BCUT2D eigenvalue weighted by Crippen LogP contribution is -2.34. The molecule has 0 aliphatic carbocycles. The highest BCUT2D eigenvalue weighted by molar-refractivity contribution is 5.78. The van der Waals surface area contributed by atoms with Crippen LogP contribution in [-0.4, -0.2) is 17.6 Å². The Bertz CT molecular complexity index is 583. The van der Waals surface area contributed by atoms with Crippen molar-refractivity contribution in [3.63, 3.8) is 0 Å². The van der Waals surface area contributed by atoms with Gasteiger partial charge in [-0.2, -0.15) is 0 Å². The van der Waals surface area contributed by atoms with Gasteiger partial charge in [0.15, 0.2) is 0 Å². The molecule has 2 rings (SSSR count). The highest BCUT2D eigenvalue weighted by Crippen LogP contribution is 2.15. The minimum atomic E-state index is -0.333. The lowest BCUT2D eigenvalue weighted by atomic mass is 9.99. The van der Waals surface area contributed by atoms with E-state index in [4.69, 9.17) is 0 Å². The average molecular weight is 311 g/mol. The van der Waals surface area contributed by atoms with Gasteiger partial charge in [0.1, 0.15) is 0 Å². The van der Waals surface area contributed by atoms with Crippen LogP contribution >= 0.6 is 0 Å². The van der Waals surface area contributed by atoms with Crippen molar-refractivity contribution >= 4 is 5.91 Å². The summed E-state index contributed by atoms with van der Waals surface area (Å²) in [6, 6.07) is 19.6. The predicted octanol–water partition coefficient (Wildman–Crippen LogP) is 3.50. The average Bonchev–Trinajstić information content (AvgIpc) is 2.61. The summed E-state index contributed by atoms with van der Waals surface area (Å²) in [6.45, 7) is 1.85. The molecule has 23 heavy (non-hydrogen) atoms. The van der Waals surface area contributed by atoms with Gasteiger partial charge in [-0.3, -0.25) is 4.79 Å². The maximum atomic E-state index is 12.3. The summed E-state index contributed by atoms with van der Waals surface area (Å²) in [5, 5.41) is 12.5. The third-order valence-corrected chi connectivity index (χ3v) is 4.09. The van der Waals surface area contributed by atoms with Crippen LogP contribution in [-0.2, 0) is 11.2 Å². The van der Waals surface area contributed by atoms with E-state index in [0.29, 0.717) is 0 Å². The molecule has 0 bridgehead atoms. The summed E-state index contributed by atoms with van der Waals surface area (Å²) in [6.07, 6.45) is 2.81. The Morgan fingerprint density at radius 3 is 2.26 bits per heavy atom. The molecule has 0 saturated heterocycles. The Hall–Kier alpha value is -2.13. The van der Waals surface area contributed by atoms with Gasteiger partial charge in [0, 0.05) is 5.92 Å². The highest BCUT2D eigenvalue weighted by atomic mass is 16.3. The molecule has 3 heteroatoms. The van der Waals surface area contributed by atoms with Crippen molar-refractivity contribution in [3.8, 4) is 0 Å². The highest BCUT2D eigenvalue weighted by Gasteiger charge is 2.18. The second-order valence-electron chi connectivity index (χ2n) is 5.93. The molecule has 2 aromatic carbocycles. The zero-order valence-corrected chi connectivity index (χ0v) is 13.6. The number of nitrogens with one attached hydrogen (secondary N) is 1. The molecule has 122 valence electrons. The van der Waals surface area contributed by atoms with Gasteiger partial charge in [0.25, 0.3) is 0 Å². The number of rotatable bonds is 8. The van der Waals surface area contributed by atoms with Gasteiger partial charge in [-0.05, 0) is 30.4 Å². The van der Waals surface area contributed by atoms with Crippen LogP contribution in [0.1, 0.15) is 36.9 Å². The van der Waals surface area contributed by atoms with Gasteiger partial charge in [0.2, 0.25) is 5.91 Å². The van der Waals surface area contributed by atoms with E-state index in [1.807, 2.05) is 55.5 Å². The minimum Gasteiger partial charge on any atom is -0.394 e. The SMILES string of the molecule is C[C@@H](CCCc1ccccc1)C(=O)N[C@@H](CO)c1ccccc1. The number of aliphatic hydroxyl groups is 1. The van der Waals surface area contributed by atoms with E-state index in [2.05, 4.69) is 17.4 Å². The fourth-order valence-corrected chi connectivity index (χ4v) is 2.62. The number of carbonyl (C=O) groups is 1. The number of amides is 1. The van der Waals surface area contributed by atoms with Crippen molar-refractivity contribution in [1.82, 2.24) is 5.32 Å². The zero-order valence-electron chi connectivity index (χ0n) is 13.6. The summed E-state index contributed by atoms with van der Waals surface area (Å²) < 4.78 is 0. The first-order chi connectivity index (χ1) is 11.2.